The van der Waals surface area contributed by atoms with E-state index < -0.39 is 0 Å². The van der Waals surface area contributed by atoms with Crippen molar-refractivity contribution in [2.75, 3.05) is 13.1 Å². The molecule has 1 N–H and O–H groups in total. The summed E-state index contributed by atoms with van der Waals surface area (Å²) in [6.07, 6.45) is 7.97. The fourth-order valence-electron chi connectivity index (χ4n) is 1.71. The standard InChI is InChI=1S/C13H23N3/c1-5-13(3,11-14-6-2)8-7-12-15-9-10-16(12)4/h5,9-10,14H,1,6-8,11H2,2-4H3. The Bertz CT molecular complexity index is 330. The normalized spacial score (nSPS) is 14.7. The second-order valence-corrected chi connectivity index (χ2v) is 4.59. The first-order valence-electron chi connectivity index (χ1n) is 5.92. The predicted molar refractivity (Wildman–Crippen MR) is 68.4 cm³/mol. The molecule has 1 aromatic rings. The van der Waals surface area contributed by atoms with Gasteiger partial charge in [-0.3, -0.25) is 0 Å². The minimum absolute atomic E-state index is 0.155. The van der Waals surface area contributed by atoms with Crippen LogP contribution in [-0.4, -0.2) is 22.6 Å². The summed E-state index contributed by atoms with van der Waals surface area (Å²) in [5.74, 6) is 1.14. The predicted octanol–water partition coefficient (Wildman–Crippen LogP) is 2.15. The van der Waals surface area contributed by atoms with Gasteiger partial charge in [0.2, 0.25) is 0 Å². The third-order valence-electron chi connectivity index (χ3n) is 3.11. The van der Waals surface area contributed by atoms with E-state index >= 15 is 0 Å². The van der Waals surface area contributed by atoms with Gasteiger partial charge in [0.15, 0.2) is 0 Å². The van der Waals surface area contributed by atoms with E-state index in [2.05, 4.69) is 41.4 Å². The Hall–Kier alpha value is -1.09. The van der Waals surface area contributed by atoms with Crippen LogP contribution >= 0.6 is 0 Å². The molecule has 0 bridgehead atoms. The van der Waals surface area contributed by atoms with E-state index in [0.29, 0.717) is 0 Å². The first-order valence-corrected chi connectivity index (χ1v) is 5.92. The molecule has 0 amide bonds. The summed E-state index contributed by atoms with van der Waals surface area (Å²) in [4.78, 5) is 4.34. The average Bonchev–Trinajstić information content (AvgIpc) is 2.70. The van der Waals surface area contributed by atoms with Gasteiger partial charge in [-0.15, -0.1) is 6.58 Å². The Kier molecular flexibility index (Phi) is 4.74. The molecule has 3 nitrogen and oxygen atoms in total. The molecule has 16 heavy (non-hydrogen) atoms. The van der Waals surface area contributed by atoms with Crippen LogP contribution in [0.1, 0.15) is 26.1 Å². The van der Waals surface area contributed by atoms with Gasteiger partial charge in [-0.05, 0) is 18.4 Å². The lowest BCUT2D eigenvalue weighted by Crippen LogP contribution is -2.30. The van der Waals surface area contributed by atoms with Crippen LogP contribution in [-0.2, 0) is 13.5 Å². The largest absolute Gasteiger partial charge is 0.338 e. The topological polar surface area (TPSA) is 29.9 Å². The molecule has 90 valence electrons. The maximum absolute atomic E-state index is 4.34. The van der Waals surface area contributed by atoms with E-state index in [1.165, 1.54) is 0 Å². The molecule has 3 heteroatoms. The number of aryl methyl sites for hydroxylation is 2. The van der Waals surface area contributed by atoms with Crippen LogP contribution in [0.4, 0.5) is 0 Å². The summed E-state index contributed by atoms with van der Waals surface area (Å²) in [5.41, 5.74) is 0.155. The highest BCUT2D eigenvalue weighted by Gasteiger charge is 2.20. The molecule has 0 aliphatic carbocycles. The van der Waals surface area contributed by atoms with Crippen LogP contribution in [0.15, 0.2) is 25.0 Å². The van der Waals surface area contributed by atoms with Crippen molar-refractivity contribution in [3.63, 3.8) is 0 Å². The van der Waals surface area contributed by atoms with Gasteiger partial charge in [0.1, 0.15) is 5.82 Å². The molecule has 0 aliphatic rings. The van der Waals surface area contributed by atoms with Gasteiger partial charge in [0, 0.05) is 32.4 Å². The summed E-state index contributed by atoms with van der Waals surface area (Å²) in [6, 6.07) is 0. The first kappa shape index (κ1) is 13.0. The van der Waals surface area contributed by atoms with Crippen molar-refractivity contribution in [2.24, 2.45) is 12.5 Å². The van der Waals surface area contributed by atoms with Crippen molar-refractivity contribution in [3.8, 4) is 0 Å². The van der Waals surface area contributed by atoms with Crippen molar-refractivity contribution >= 4 is 0 Å². The van der Waals surface area contributed by atoms with E-state index in [4.69, 9.17) is 0 Å². The maximum Gasteiger partial charge on any atom is 0.108 e. The van der Waals surface area contributed by atoms with Crippen LogP contribution in [0, 0.1) is 5.41 Å². The Morgan fingerprint density at radius 1 is 1.62 bits per heavy atom. The summed E-state index contributed by atoms with van der Waals surface area (Å²) < 4.78 is 2.08. The van der Waals surface area contributed by atoms with E-state index in [9.17, 15) is 0 Å². The quantitative estimate of drug-likeness (QED) is 0.715. The zero-order chi connectivity index (χ0) is 12.0. The van der Waals surface area contributed by atoms with E-state index in [1.807, 2.05) is 19.4 Å². The Balaban J connectivity index is 2.51. The molecule has 0 aromatic carbocycles. The van der Waals surface area contributed by atoms with E-state index in [-0.39, 0.29) is 5.41 Å². The van der Waals surface area contributed by atoms with Gasteiger partial charge in [-0.25, -0.2) is 4.98 Å². The van der Waals surface area contributed by atoms with E-state index in [1.54, 1.807) is 0 Å². The molecule has 0 radical (unpaired) electrons. The highest BCUT2D eigenvalue weighted by molar-refractivity contribution is 4.98. The number of nitrogens with one attached hydrogen (secondary N) is 1. The lowest BCUT2D eigenvalue weighted by molar-refractivity contribution is 0.364. The molecule has 0 saturated carbocycles. The van der Waals surface area contributed by atoms with Crippen LogP contribution in [0.2, 0.25) is 0 Å². The lowest BCUT2D eigenvalue weighted by atomic mass is 9.85. The SMILES string of the molecule is C=CC(C)(CCc1nccn1C)CNCC. The van der Waals surface area contributed by atoms with Crippen molar-refractivity contribution in [1.29, 1.82) is 0 Å². The molecule has 0 saturated heterocycles. The molecule has 1 rings (SSSR count). The minimum Gasteiger partial charge on any atom is -0.338 e. The van der Waals surface area contributed by atoms with Crippen molar-refractivity contribution in [1.82, 2.24) is 14.9 Å². The average molecular weight is 221 g/mol. The zero-order valence-electron chi connectivity index (χ0n) is 10.7. The maximum atomic E-state index is 4.34. The molecule has 0 spiro atoms. The molecule has 1 unspecified atom stereocenters. The van der Waals surface area contributed by atoms with Gasteiger partial charge in [-0.2, -0.15) is 0 Å². The van der Waals surface area contributed by atoms with Crippen LogP contribution in [0.5, 0.6) is 0 Å². The molecule has 1 heterocycles. The van der Waals surface area contributed by atoms with Crippen molar-refractivity contribution < 1.29 is 0 Å². The highest BCUT2D eigenvalue weighted by atomic mass is 15.0. The summed E-state index contributed by atoms with van der Waals surface area (Å²) in [7, 11) is 2.04. The Labute approximate surface area is 98.6 Å². The number of rotatable bonds is 7. The van der Waals surface area contributed by atoms with Gasteiger partial charge >= 0.3 is 0 Å². The van der Waals surface area contributed by atoms with Gasteiger partial charge < -0.3 is 9.88 Å². The monoisotopic (exact) mass is 221 g/mol. The number of aromatic nitrogens is 2. The molecule has 0 fully saturated rings. The fourth-order valence-corrected chi connectivity index (χ4v) is 1.71. The van der Waals surface area contributed by atoms with Crippen LogP contribution in [0.25, 0.3) is 0 Å². The third-order valence-corrected chi connectivity index (χ3v) is 3.11. The van der Waals surface area contributed by atoms with Crippen LogP contribution in [0.3, 0.4) is 0 Å². The number of hydrogen-bond donors (Lipinski definition) is 1. The summed E-state index contributed by atoms with van der Waals surface area (Å²) in [6.45, 7) is 10.3. The molecular weight excluding hydrogens is 198 g/mol. The first-order chi connectivity index (χ1) is 7.61. The minimum atomic E-state index is 0.155. The molecule has 1 aromatic heterocycles. The fraction of sp³-hybridized carbons (Fsp3) is 0.615. The second-order valence-electron chi connectivity index (χ2n) is 4.59. The van der Waals surface area contributed by atoms with Crippen molar-refractivity contribution in [2.45, 2.75) is 26.7 Å². The highest BCUT2D eigenvalue weighted by Crippen LogP contribution is 2.23. The summed E-state index contributed by atoms with van der Waals surface area (Å²) >= 11 is 0. The molecule has 0 aliphatic heterocycles. The summed E-state index contributed by atoms with van der Waals surface area (Å²) in [5, 5.41) is 3.39. The molecular formula is C13H23N3. The Morgan fingerprint density at radius 3 is 2.88 bits per heavy atom. The van der Waals surface area contributed by atoms with Gasteiger partial charge in [-0.1, -0.05) is 19.9 Å². The smallest absolute Gasteiger partial charge is 0.108 e. The van der Waals surface area contributed by atoms with Gasteiger partial charge in [0.05, 0.1) is 0 Å². The zero-order valence-corrected chi connectivity index (χ0v) is 10.7. The number of nitrogens with zero attached hydrogens (tertiary/aromatic N) is 2. The Morgan fingerprint density at radius 2 is 2.38 bits per heavy atom. The van der Waals surface area contributed by atoms with Gasteiger partial charge in [0.25, 0.3) is 0 Å². The lowest BCUT2D eigenvalue weighted by Gasteiger charge is -2.25. The second kappa shape index (κ2) is 5.85. The number of imidazole rings is 1. The van der Waals surface area contributed by atoms with Crippen LogP contribution < -0.4 is 5.32 Å². The number of hydrogen-bond acceptors (Lipinski definition) is 2. The van der Waals surface area contributed by atoms with Crippen molar-refractivity contribution in [3.05, 3.63) is 30.9 Å². The van der Waals surface area contributed by atoms with E-state index in [0.717, 1.165) is 31.8 Å². The third kappa shape index (κ3) is 3.49. The molecule has 1 atom stereocenters.